The van der Waals surface area contributed by atoms with Gasteiger partial charge in [0.1, 0.15) is 5.60 Å². The molecule has 0 radical (unpaired) electrons. The molecule has 4 nitrogen and oxygen atoms in total. The zero-order valence-electron chi connectivity index (χ0n) is 14.5. The summed E-state index contributed by atoms with van der Waals surface area (Å²) in [5.41, 5.74) is 2.35. The van der Waals surface area contributed by atoms with E-state index in [1.54, 1.807) is 4.90 Å². The highest BCUT2D eigenvalue weighted by Crippen LogP contribution is 2.26. The minimum absolute atomic E-state index is 0.222. The van der Waals surface area contributed by atoms with Crippen molar-refractivity contribution < 1.29 is 9.53 Å². The molecule has 24 heavy (non-hydrogen) atoms. The third-order valence-corrected chi connectivity index (χ3v) is 4.78. The van der Waals surface area contributed by atoms with Crippen molar-refractivity contribution in [2.75, 3.05) is 6.67 Å². The van der Waals surface area contributed by atoms with Gasteiger partial charge in [0.2, 0.25) is 0 Å². The predicted octanol–water partition coefficient (Wildman–Crippen LogP) is 3.26. The number of hydrogen-bond donors (Lipinski definition) is 0. The molecular weight excluding hydrogens is 320 g/mol. The van der Waals surface area contributed by atoms with Crippen LogP contribution < -0.4 is 0 Å². The molecule has 0 amide bonds. The number of fused-ring (bicyclic) bond motifs is 1. The second kappa shape index (κ2) is 6.55. The van der Waals surface area contributed by atoms with E-state index in [1.165, 1.54) is 11.1 Å². The van der Waals surface area contributed by atoms with E-state index in [4.69, 9.17) is 17.0 Å². The Balaban J connectivity index is 1.60. The standard InChI is InChI=1S/C19H24N2O2S/c1-19(2,3)23-18(22)17(24)21-11-10-20(13-21)16-9-8-14-6-4-5-7-15(14)12-16/h4-7,10-11,16H,8-9,12-13H2,1-3H3. The number of aryl methyl sites for hydroxylation is 1. The number of esters is 1. The van der Waals surface area contributed by atoms with Crippen molar-refractivity contribution in [2.24, 2.45) is 0 Å². The summed E-state index contributed by atoms with van der Waals surface area (Å²) in [7, 11) is 0. The maximum atomic E-state index is 12.1. The molecule has 0 N–H and O–H groups in total. The van der Waals surface area contributed by atoms with E-state index in [9.17, 15) is 4.79 Å². The molecule has 0 spiro atoms. The average molecular weight is 344 g/mol. The van der Waals surface area contributed by atoms with Crippen LogP contribution in [0.25, 0.3) is 0 Å². The van der Waals surface area contributed by atoms with Gasteiger partial charge < -0.3 is 14.5 Å². The first-order chi connectivity index (χ1) is 11.3. The summed E-state index contributed by atoms with van der Waals surface area (Å²) in [6.45, 7) is 6.16. The van der Waals surface area contributed by atoms with E-state index in [2.05, 4.69) is 29.2 Å². The Labute approximate surface area is 149 Å². The van der Waals surface area contributed by atoms with Crippen molar-refractivity contribution in [3.8, 4) is 0 Å². The second-order valence-electron chi connectivity index (χ2n) is 7.40. The summed E-state index contributed by atoms with van der Waals surface area (Å²) in [4.78, 5) is 16.4. The molecule has 0 saturated heterocycles. The summed E-state index contributed by atoms with van der Waals surface area (Å²) in [6.07, 6.45) is 7.17. The van der Waals surface area contributed by atoms with Gasteiger partial charge in [-0.2, -0.15) is 0 Å². The van der Waals surface area contributed by atoms with Gasteiger partial charge in [0.05, 0.1) is 6.67 Å². The van der Waals surface area contributed by atoms with Crippen LogP contribution in [-0.2, 0) is 22.4 Å². The van der Waals surface area contributed by atoms with Crippen LogP contribution >= 0.6 is 12.2 Å². The lowest BCUT2D eigenvalue weighted by Gasteiger charge is -2.33. The largest absolute Gasteiger partial charge is 0.455 e. The summed E-state index contributed by atoms with van der Waals surface area (Å²) < 4.78 is 5.36. The van der Waals surface area contributed by atoms with Gasteiger partial charge in [-0.3, -0.25) is 0 Å². The van der Waals surface area contributed by atoms with E-state index >= 15 is 0 Å². The Morgan fingerprint density at radius 2 is 1.92 bits per heavy atom. The first-order valence-electron chi connectivity index (χ1n) is 8.38. The van der Waals surface area contributed by atoms with E-state index in [1.807, 2.05) is 33.2 Å². The molecule has 1 aromatic carbocycles. The van der Waals surface area contributed by atoms with Crippen molar-refractivity contribution in [3.05, 3.63) is 47.8 Å². The van der Waals surface area contributed by atoms with Gasteiger partial charge in [0.15, 0.2) is 4.99 Å². The molecule has 1 aliphatic heterocycles. The van der Waals surface area contributed by atoms with Crippen molar-refractivity contribution in [1.82, 2.24) is 9.80 Å². The summed E-state index contributed by atoms with van der Waals surface area (Å²) in [5, 5.41) is 0. The quantitative estimate of drug-likeness (QED) is 0.577. The van der Waals surface area contributed by atoms with Crippen LogP contribution in [-0.4, -0.2) is 39.1 Å². The number of hydrogen-bond acceptors (Lipinski definition) is 4. The van der Waals surface area contributed by atoms with Crippen molar-refractivity contribution in [1.29, 1.82) is 0 Å². The summed E-state index contributed by atoms with van der Waals surface area (Å²) in [5.74, 6) is -0.432. The fourth-order valence-corrected chi connectivity index (χ4v) is 3.37. The summed E-state index contributed by atoms with van der Waals surface area (Å²) >= 11 is 5.30. The van der Waals surface area contributed by atoms with Crippen molar-refractivity contribution in [3.63, 3.8) is 0 Å². The molecule has 5 heteroatoms. The van der Waals surface area contributed by atoms with Crippen LogP contribution in [0.2, 0.25) is 0 Å². The highest BCUT2D eigenvalue weighted by atomic mass is 32.1. The molecule has 2 aliphatic rings. The second-order valence-corrected chi connectivity index (χ2v) is 7.78. The molecule has 128 valence electrons. The van der Waals surface area contributed by atoms with Gasteiger partial charge in [-0.05, 0) is 51.2 Å². The number of nitrogens with zero attached hydrogens (tertiary/aromatic N) is 2. The Hall–Kier alpha value is -1.88. The topological polar surface area (TPSA) is 32.8 Å². The third-order valence-electron chi connectivity index (χ3n) is 4.38. The number of rotatable bonds is 1. The SMILES string of the molecule is CC(C)(C)OC(=O)C(=S)N1C=CN(C2CCc3ccccc3C2)C1. The normalized spacial score (nSPS) is 20.0. The van der Waals surface area contributed by atoms with Crippen molar-refractivity contribution in [2.45, 2.75) is 51.7 Å². The van der Waals surface area contributed by atoms with Gasteiger partial charge in [-0.15, -0.1) is 0 Å². The number of benzene rings is 1. The molecule has 1 unspecified atom stereocenters. The molecule has 1 aliphatic carbocycles. The lowest BCUT2D eigenvalue weighted by atomic mass is 9.88. The molecule has 1 aromatic rings. The monoisotopic (exact) mass is 344 g/mol. The van der Waals surface area contributed by atoms with Crippen LogP contribution in [0.1, 0.15) is 38.3 Å². The number of ether oxygens (including phenoxy) is 1. The Bertz CT molecular complexity index is 678. The van der Waals surface area contributed by atoms with Crippen molar-refractivity contribution >= 4 is 23.2 Å². The van der Waals surface area contributed by atoms with E-state index in [-0.39, 0.29) is 4.99 Å². The Morgan fingerprint density at radius 1 is 1.21 bits per heavy atom. The number of carbonyl (C=O) groups excluding carboxylic acids is 1. The highest BCUT2D eigenvalue weighted by Gasteiger charge is 2.30. The van der Waals surface area contributed by atoms with Crippen LogP contribution in [0, 0.1) is 0 Å². The molecule has 1 atom stereocenters. The van der Waals surface area contributed by atoms with Crippen LogP contribution in [0.15, 0.2) is 36.7 Å². The zero-order chi connectivity index (χ0) is 17.3. The maximum Gasteiger partial charge on any atom is 0.366 e. The first-order valence-corrected chi connectivity index (χ1v) is 8.79. The zero-order valence-corrected chi connectivity index (χ0v) is 15.3. The van der Waals surface area contributed by atoms with Crippen LogP contribution in [0.5, 0.6) is 0 Å². The third kappa shape index (κ3) is 3.78. The smallest absolute Gasteiger partial charge is 0.366 e. The number of carbonyl (C=O) groups is 1. The van der Waals surface area contributed by atoms with Gasteiger partial charge in [-0.1, -0.05) is 36.5 Å². The average Bonchev–Trinajstić information content (AvgIpc) is 3.02. The van der Waals surface area contributed by atoms with E-state index in [0.29, 0.717) is 12.7 Å². The van der Waals surface area contributed by atoms with Crippen LogP contribution in [0.4, 0.5) is 0 Å². The van der Waals surface area contributed by atoms with E-state index in [0.717, 1.165) is 19.3 Å². The lowest BCUT2D eigenvalue weighted by molar-refractivity contribution is -0.146. The van der Waals surface area contributed by atoms with Gasteiger partial charge in [-0.25, -0.2) is 4.79 Å². The molecular formula is C19H24N2O2S. The molecule has 0 bridgehead atoms. The molecule has 0 aromatic heterocycles. The van der Waals surface area contributed by atoms with Gasteiger partial charge >= 0.3 is 5.97 Å². The molecule has 1 heterocycles. The molecule has 0 fully saturated rings. The number of thiocarbonyl (C=S) groups is 1. The maximum absolute atomic E-state index is 12.1. The van der Waals surface area contributed by atoms with Crippen LogP contribution in [0.3, 0.4) is 0 Å². The van der Waals surface area contributed by atoms with Gasteiger partial charge in [0, 0.05) is 18.4 Å². The predicted molar refractivity (Wildman–Crippen MR) is 98.4 cm³/mol. The first kappa shape index (κ1) is 17.0. The minimum atomic E-state index is -0.530. The lowest BCUT2D eigenvalue weighted by Crippen LogP contribution is -2.41. The fraction of sp³-hybridized carbons (Fsp3) is 0.474. The molecule has 3 rings (SSSR count). The minimum Gasteiger partial charge on any atom is -0.455 e. The molecule has 0 saturated carbocycles. The summed E-state index contributed by atoms with van der Waals surface area (Å²) in [6, 6.07) is 9.09. The van der Waals surface area contributed by atoms with Gasteiger partial charge in [0.25, 0.3) is 0 Å². The Morgan fingerprint density at radius 3 is 2.62 bits per heavy atom. The van der Waals surface area contributed by atoms with E-state index < -0.39 is 11.6 Å². The fourth-order valence-electron chi connectivity index (χ4n) is 3.21. The Kier molecular flexibility index (Phi) is 4.63. The highest BCUT2D eigenvalue weighted by molar-refractivity contribution is 7.81.